The summed E-state index contributed by atoms with van der Waals surface area (Å²) in [5.41, 5.74) is 6.97. The highest BCUT2D eigenvalue weighted by atomic mass is 32.1. The zero-order valence-electron chi connectivity index (χ0n) is 7.84. The molecule has 72 valence electrons. The molecule has 1 rings (SSSR count). The lowest BCUT2D eigenvalue weighted by molar-refractivity contribution is 0.0998. The van der Waals surface area contributed by atoms with Gasteiger partial charge in [0.05, 0.1) is 11.1 Å². The van der Waals surface area contributed by atoms with Gasteiger partial charge in [0.1, 0.15) is 10.7 Å². The van der Waals surface area contributed by atoms with Gasteiger partial charge in [-0.25, -0.2) is 0 Å². The smallest absolute Gasteiger partial charge is 0.250 e. The topological polar surface area (TPSA) is 82.7 Å². The van der Waals surface area contributed by atoms with Crippen molar-refractivity contribution >= 4 is 18.1 Å². The van der Waals surface area contributed by atoms with E-state index in [9.17, 15) is 4.79 Å². The zero-order chi connectivity index (χ0) is 10.9. The van der Waals surface area contributed by atoms with Crippen LogP contribution >= 0.6 is 12.2 Å². The lowest BCUT2D eigenvalue weighted by Gasteiger charge is -2.07. The molecule has 5 heteroatoms. The van der Waals surface area contributed by atoms with Crippen molar-refractivity contribution in [3.63, 3.8) is 0 Å². The summed E-state index contributed by atoms with van der Waals surface area (Å²) < 4.78 is 0.340. The van der Waals surface area contributed by atoms with Crippen LogP contribution in [-0.4, -0.2) is 10.9 Å². The molecule has 0 atom stereocenters. The maximum atomic E-state index is 11.1. The van der Waals surface area contributed by atoms with Gasteiger partial charge in [-0.15, -0.1) is 0 Å². The van der Waals surface area contributed by atoms with Crippen LogP contribution < -0.4 is 5.73 Å². The molecule has 3 N–H and O–H groups in total. The fourth-order valence-electron chi connectivity index (χ4n) is 1.38. The van der Waals surface area contributed by atoms with Gasteiger partial charge in [0.2, 0.25) is 0 Å². The van der Waals surface area contributed by atoms with E-state index in [0.717, 1.165) is 0 Å². The van der Waals surface area contributed by atoms with E-state index < -0.39 is 5.91 Å². The summed E-state index contributed by atoms with van der Waals surface area (Å²) in [5, 5.41) is 8.81. The fraction of sp³-hybridized carbons (Fsp3) is 0.222. The molecule has 0 bridgehead atoms. The first-order chi connectivity index (χ1) is 6.49. The lowest BCUT2D eigenvalue weighted by atomic mass is 10.0. The highest BCUT2D eigenvalue weighted by Gasteiger charge is 2.13. The van der Waals surface area contributed by atoms with E-state index in [4.69, 9.17) is 23.2 Å². The molecule has 1 aromatic rings. The van der Waals surface area contributed by atoms with Gasteiger partial charge in [-0.3, -0.25) is 4.79 Å². The van der Waals surface area contributed by atoms with Crippen molar-refractivity contribution in [2.75, 3.05) is 0 Å². The highest BCUT2D eigenvalue weighted by molar-refractivity contribution is 7.71. The summed E-state index contributed by atoms with van der Waals surface area (Å²) in [7, 11) is 0. The number of rotatable bonds is 1. The van der Waals surface area contributed by atoms with Gasteiger partial charge in [0, 0.05) is 5.69 Å². The number of aromatic nitrogens is 1. The average Bonchev–Trinajstić information content (AvgIpc) is 2.02. The summed E-state index contributed by atoms with van der Waals surface area (Å²) in [6, 6.07) is 1.94. The number of aromatic amines is 1. The maximum absolute atomic E-state index is 11.1. The van der Waals surface area contributed by atoms with Crippen LogP contribution in [0.1, 0.15) is 27.2 Å². The van der Waals surface area contributed by atoms with E-state index in [1.54, 1.807) is 13.8 Å². The Bertz CT molecular complexity index is 496. The number of carbonyl (C=O) groups is 1. The molecular formula is C9H9N3OS. The Morgan fingerprint density at radius 1 is 1.57 bits per heavy atom. The third-order valence-corrected chi connectivity index (χ3v) is 2.32. The van der Waals surface area contributed by atoms with E-state index in [0.29, 0.717) is 27.0 Å². The number of primary amides is 1. The third-order valence-electron chi connectivity index (χ3n) is 2.01. The number of pyridine rings is 1. The second kappa shape index (κ2) is 3.60. The number of nitrogens with two attached hydrogens (primary N) is 1. The van der Waals surface area contributed by atoms with Crippen LogP contribution in [0.15, 0.2) is 0 Å². The van der Waals surface area contributed by atoms with Gasteiger partial charge in [-0.05, 0) is 19.4 Å². The molecule has 0 aliphatic rings. The van der Waals surface area contributed by atoms with Crippen LogP contribution in [0.2, 0.25) is 0 Å². The molecule has 0 saturated carbocycles. The minimum absolute atomic E-state index is 0.305. The Morgan fingerprint density at radius 3 is 2.57 bits per heavy atom. The third kappa shape index (κ3) is 1.52. The number of H-pyrrole nitrogens is 1. The van der Waals surface area contributed by atoms with Gasteiger partial charge in [0.15, 0.2) is 0 Å². The normalized spacial score (nSPS) is 9.50. The van der Waals surface area contributed by atoms with Gasteiger partial charge >= 0.3 is 0 Å². The molecule has 14 heavy (non-hydrogen) atoms. The molecule has 1 heterocycles. The SMILES string of the molecule is Cc1[nH]c(=S)c(C#N)c(C)c1C(N)=O. The van der Waals surface area contributed by atoms with E-state index >= 15 is 0 Å². The van der Waals surface area contributed by atoms with Gasteiger partial charge in [-0.2, -0.15) is 5.26 Å². The highest BCUT2D eigenvalue weighted by Crippen LogP contribution is 2.15. The zero-order valence-corrected chi connectivity index (χ0v) is 8.66. The van der Waals surface area contributed by atoms with Crippen molar-refractivity contribution in [2.45, 2.75) is 13.8 Å². The van der Waals surface area contributed by atoms with Crippen molar-refractivity contribution in [1.29, 1.82) is 5.26 Å². The van der Waals surface area contributed by atoms with Crippen LogP contribution in [0.25, 0.3) is 0 Å². The standard InChI is InChI=1S/C9H9N3OS/c1-4-6(3-10)9(14)12-5(2)7(4)8(11)13/h1-2H3,(H2,11,13)(H,12,14). The van der Waals surface area contributed by atoms with Crippen molar-refractivity contribution in [3.8, 4) is 6.07 Å². The van der Waals surface area contributed by atoms with E-state index in [1.807, 2.05) is 6.07 Å². The second-order valence-electron chi connectivity index (χ2n) is 2.93. The number of hydrogen-bond donors (Lipinski definition) is 2. The Hall–Kier alpha value is -1.67. The Balaban J connectivity index is 3.72. The van der Waals surface area contributed by atoms with Crippen LogP contribution in [0.3, 0.4) is 0 Å². The second-order valence-corrected chi connectivity index (χ2v) is 3.34. The van der Waals surface area contributed by atoms with E-state index in [1.165, 1.54) is 0 Å². The quantitative estimate of drug-likeness (QED) is 0.681. The first kappa shape index (κ1) is 10.4. The molecule has 1 amide bonds. The fourth-order valence-corrected chi connectivity index (χ4v) is 1.73. The predicted octanol–water partition coefficient (Wildman–Crippen LogP) is 1.33. The van der Waals surface area contributed by atoms with Crippen LogP contribution in [0, 0.1) is 29.8 Å². The number of hydrogen-bond acceptors (Lipinski definition) is 3. The molecule has 0 unspecified atom stereocenters. The Kier molecular flexibility index (Phi) is 2.68. The predicted molar refractivity (Wildman–Crippen MR) is 54.3 cm³/mol. The minimum atomic E-state index is -0.553. The number of amides is 1. The van der Waals surface area contributed by atoms with Crippen molar-refractivity contribution in [1.82, 2.24) is 4.98 Å². The van der Waals surface area contributed by atoms with Crippen molar-refractivity contribution in [3.05, 3.63) is 27.0 Å². The number of nitrogens with zero attached hydrogens (tertiary/aromatic N) is 1. The largest absolute Gasteiger partial charge is 0.366 e. The summed E-state index contributed by atoms with van der Waals surface area (Å²) >= 11 is 4.94. The Morgan fingerprint density at radius 2 is 2.14 bits per heavy atom. The van der Waals surface area contributed by atoms with E-state index in [-0.39, 0.29) is 0 Å². The Labute approximate surface area is 86.4 Å². The molecule has 0 aliphatic carbocycles. The van der Waals surface area contributed by atoms with Crippen LogP contribution in [-0.2, 0) is 0 Å². The molecule has 0 aliphatic heterocycles. The molecule has 0 saturated heterocycles. The minimum Gasteiger partial charge on any atom is -0.366 e. The summed E-state index contributed by atoms with van der Waals surface area (Å²) in [6.45, 7) is 3.36. The maximum Gasteiger partial charge on any atom is 0.250 e. The molecular weight excluding hydrogens is 198 g/mol. The number of carbonyl (C=O) groups excluding carboxylic acids is 1. The van der Waals surface area contributed by atoms with Crippen molar-refractivity contribution < 1.29 is 4.79 Å². The summed E-state index contributed by atoms with van der Waals surface area (Å²) in [5.74, 6) is -0.553. The number of nitriles is 1. The molecule has 0 aromatic carbocycles. The molecule has 1 aromatic heterocycles. The van der Waals surface area contributed by atoms with Gasteiger partial charge < -0.3 is 10.7 Å². The van der Waals surface area contributed by atoms with E-state index in [2.05, 4.69) is 4.98 Å². The van der Waals surface area contributed by atoms with Crippen LogP contribution in [0.5, 0.6) is 0 Å². The average molecular weight is 207 g/mol. The first-order valence-corrected chi connectivity index (χ1v) is 4.33. The molecule has 4 nitrogen and oxygen atoms in total. The van der Waals surface area contributed by atoms with Crippen LogP contribution in [0.4, 0.5) is 0 Å². The molecule has 0 radical (unpaired) electrons. The number of nitrogens with one attached hydrogen (secondary N) is 1. The monoisotopic (exact) mass is 207 g/mol. The summed E-state index contributed by atoms with van der Waals surface area (Å²) in [4.78, 5) is 13.9. The summed E-state index contributed by atoms with van der Waals surface area (Å²) in [6.07, 6.45) is 0. The van der Waals surface area contributed by atoms with Gasteiger partial charge in [0.25, 0.3) is 5.91 Å². The molecule has 0 fully saturated rings. The van der Waals surface area contributed by atoms with Gasteiger partial charge in [-0.1, -0.05) is 12.2 Å². The number of aryl methyl sites for hydroxylation is 1. The first-order valence-electron chi connectivity index (χ1n) is 3.92. The lowest BCUT2D eigenvalue weighted by Crippen LogP contribution is -2.16. The molecule has 0 spiro atoms. The van der Waals surface area contributed by atoms with Crippen molar-refractivity contribution in [2.24, 2.45) is 5.73 Å².